The van der Waals surface area contributed by atoms with Crippen molar-refractivity contribution in [2.45, 2.75) is 96.5 Å². The van der Waals surface area contributed by atoms with Crippen molar-refractivity contribution in [2.75, 3.05) is 6.61 Å². The number of hydrogen-bond acceptors (Lipinski definition) is 8. The number of benzene rings is 1. The van der Waals surface area contributed by atoms with Crippen LogP contribution in [0.25, 0.3) is 0 Å². The second-order valence-electron chi connectivity index (χ2n) is 11.5. The summed E-state index contributed by atoms with van der Waals surface area (Å²) in [6, 6.07) is 10.0. The van der Waals surface area contributed by atoms with Crippen molar-refractivity contribution in [3.8, 4) is 11.6 Å². The summed E-state index contributed by atoms with van der Waals surface area (Å²) >= 11 is 0. The van der Waals surface area contributed by atoms with E-state index in [0.717, 1.165) is 24.8 Å². The summed E-state index contributed by atoms with van der Waals surface area (Å²) in [4.78, 5) is 39.1. The van der Waals surface area contributed by atoms with E-state index in [1.54, 1.807) is 11.1 Å². The molecule has 2 aromatic rings. The van der Waals surface area contributed by atoms with Gasteiger partial charge in [0.05, 0.1) is 30.6 Å². The van der Waals surface area contributed by atoms with Gasteiger partial charge in [-0.25, -0.2) is 14.8 Å². The highest BCUT2D eigenvalue weighted by molar-refractivity contribution is 5.87. The van der Waals surface area contributed by atoms with Crippen LogP contribution in [0, 0.1) is 0 Å². The maximum atomic E-state index is 13.8. The van der Waals surface area contributed by atoms with Gasteiger partial charge in [0.15, 0.2) is 12.0 Å². The third-order valence-electron chi connectivity index (χ3n) is 7.36. The Morgan fingerprint density at radius 1 is 1.18 bits per heavy atom. The van der Waals surface area contributed by atoms with Gasteiger partial charge in [0.2, 0.25) is 11.8 Å². The average molecular weight is 552 g/mol. The largest absolute Gasteiger partial charge is 0.480 e. The Hall–Kier alpha value is -3.66. The van der Waals surface area contributed by atoms with E-state index in [2.05, 4.69) is 9.98 Å². The SMILES string of the molecule is CCCC(=O)N(C(COC(C)(C)C)C(=O)O)C1(N2Cc3cc(Oc4ccccc4)ncc3N=C2N)CCCCC1. The number of carboxylic acids is 1. The van der Waals surface area contributed by atoms with Gasteiger partial charge in [0.1, 0.15) is 11.4 Å². The van der Waals surface area contributed by atoms with E-state index in [-0.39, 0.29) is 24.9 Å². The van der Waals surface area contributed by atoms with Crippen LogP contribution in [0.1, 0.15) is 78.2 Å². The van der Waals surface area contributed by atoms with Crippen LogP contribution in [0.5, 0.6) is 11.6 Å². The minimum atomic E-state index is -1.18. The average Bonchev–Trinajstić information content (AvgIpc) is 2.91. The van der Waals surface area contributed by atoms with Gasteiger partial charge in [-0.15, -0.1) is 0 Å². The standard InChI is InChI=1S/C30H41N5O5/c1-5-12-26(36)35(24(27(37)38)20-39-29(2,3)4)30(15-10-7-11-16-30)34-19-21-17-25(32-18-23(21)33-28(34)31)40-22-13-8-6-9-14-22/h6,8-9,13-14,17-18,24H,5,7,10-12,15-16,19-20H2,1-4H3,(H2,31,33)(H,37,38). The molecule has 2 heterocycles. The first-order valence-electron chi connectivity index (χ1n) is 14.1. The molecule has 1 aromatic carbocycles. The summed E-state index contributed by atoms with van der Waals surface area (Å²) in [5, 5.41) is 10.4. The number of aliphatic imine (C=N–C) groups is 1. The van der Waals surface area contributed by atoms with E-state index < -0.39 is 23.3 Å². The van der Waals surface area contributed by atoms with Gasteiger partial charge < -0.3 is 30.1 Å². The molecule has 0 radical (unpaired) electrons. The molecule has 1 amide bonds. The van der Waals surface area contributed by atoms with Gasteiger partial charge in [-0.2, -0.15) is 0 Å². The molecule has 1 fully saturated rings. The minimum Gasteiger partial charge on any atom is -0.480 e. The van der Waals surface area contributed by atoms with Gasteiger partial charge >= 0.3 is 5.97 Å². The highest BCUT2D eigenvalue weighted by Crippen LogP contribution is 2.42. The number of nitrogens with two attached hydrogens (primary N) is 1. The van der Waals surface area contributed by atoms with Crippen molar-refractivity contribution >= 4 is 23.5 Å². The number of guanidine groups is 1. The van der Waals surface area contributed by atoms with E-state index >= 15 is 0 Å². The molecule has 1 aliphatic heterocycles. The third-order valence-corrected chi connectivity index (χ3v) is 7.36. The summed E-state index contributed by atoms with van der Waals surface area (Å²) in [7, 11) is 0. The van der Waals surface area contributed by atoms with E-state index in [1.807, 2.05) is 69.0 Å². The smallest absolute Gasteiger partial charge is 0.328 e. The number of ether oxygens (including phenoxy) is 2. The summed E-state index contributed by atoms with van der Waals surface area (Å²) in [6.45, 7) is 7.73. The molecule has 1 unspecified atom stereocenters. The first-order valence-corrected chi connectivity index (χ1v) is 14.1. The molecule has 40 heavy (non-hydrogen) atoms. The maximum absolute atomic E-state index is 13.8. The molecule has 4 rings (SSSR count). The highest BCUT2D eigenvalue weighted by atomic mass is 16.5. The van der Waals surface area contributed by atoms with E-state index in [1.165, 1.54) is 0 Å². The molecular formula is C30H41N5O5. The van der Waals surface area contributed by atoms with Crippen LogP contribution in [0.2, 0.25) is 0 Å². The number of nitrogens with zero attached hydrogens (tertiary/aromatic N) is 4. The zero-order valence-corrected chi connectivity index (χ0v) is 23.9. The Bertz CT molecular complexity index is 1220. The first-order chi connectivity index (χ1) is 19.0. The van der Waals surface area contributed by atoms with Crippen molar-refractivity contribution in [1.82, 2.24) is 14.8 Å². The lowest BCUT2D eigenvalue weighted by atomic mass is 9.84. The van der Waals surface area contributed by atoms with Gasteiger partial charge in [-0.3, -0.25) is 4.79 Å². The molecule has 0 bridgehead atoms. The maximum Gasteiger partial charge on any atom is 0.328 e. The molecule has 0 spiro atoms. The number of fused-ring (bicyclic) bond motifs is 1. The second-order valence-corrected chi connectivity index (χ2v) is 11.5. The monoisotopic (exact) mass is 551 g/mol. The summed E-state index contributed by atoms with van der Waals surface area (Å²) in [5.41, 5.74) is 6.52. The summed E-state index contributed by atoms with van der Waals surface area (Å²) in [5.74, 6) is -0.0128. The Labute approximate surface area is 236 Å². The van der Waals surface area contributed by atoms with Crippen LogP contribution in [0.3, 0.4) is 0 Å². The number of para-hydroxylation sites is 1. The van der Waals surface area contributed by atoms with Gasteiger partial charge in [0, 0.05) is 18.1 Å². The lowest BCUT2D eigenvalue weighted by Crippen LogP contribution is -2.70. The number of pyridine rings is 1. The number of amides is 1. The lowest BCUT2D eigenvalue weighted by molar-refractivity contribution is -0.174. The molecule has 1 aromatic heterocycles. The van der Waals surface area contributed by atoms with Gasteiger partial charge in [0.25, 0.3) is 0 Å². The molecule has 10 heteroatoms. The zero-order valence-electron chi connectivity index (χ0n) is 23.9. The Kier molecular flexibility index (Phi) is 8.98. The van der Waals surface area contributed by atoms with Crippen LogP contribution in [-0.4, -0.2) is 61.6 Å². The highest BCUT2D eigenvalue weighted by Gasteiger charge is 2.51. The number of rotatable bonds is 10. The quantitative estimate of drug-likeness (QED) is 0.412. The topological polar surface area (TPSA) is 131 Å². The van der Waals surface area contributed by atoms with Crippen LogP contribution < -0.4 is 10.5 Å². The predicted octanol–water partition coefficient (Wildman–Crippen LogP) is 5.19. The molecule has 1 atom stereocenters. The number of carbonyl (C=O) groups is 2. The molecule has 1 saturated carbocycles. The molecule has 216 valence electrons. The molecule has 3 N–H and O–H groups in total. The van der Waals surface area contributed by atoms with E-state index in [9.17, 15) is 14.7 Å². The third kappa shape index (κ3) is 6.55. The molecule has 10 nitrogen and oxygen atoms in total. The van der Waals surface area contributed by atoms with Crippen molar-refractivity contribution in [3.63, 3.8) is 0 Å². The molecule has 1 aliphatic carbocycles. The Morgan fingerprint density at radius 2 is 1.88 bits per heavy atom. The number of aliphatic carboxylic acids is 1. The Morgan fingerprint density at radius 3 is 2.50 bits per heavy atom. The molecular weight excluding hydrogens is 510 g/mol. The fourth-order valence-electron chi connectivity index (χ4n) is 5.53. The Balaban J connectivity index is 1.75. The molecule has 0 saturated heterocycles. The van der Waals surface area contributed by atoms with Crippen molar-refractivity contribution < 1.29 is 24.2 Å². The van der Waals surface area contributed by atoms with Gasteiger partial charge in [-0.1, -0.05) is 31.5 Å². The minimum absolute atomic E-state index is 0.128. The molecule has 2 aliphatic rings. The van der Waals surface area contributed by atoms with Crippen LogP contribution in [0.4, 0.5) is 5.69 Å². The number of hydrogen-bond donors (Lipinski definition) is 2. The van der Waals surface area contributed by atoms with E-state index in [4.69, 9.17) is 15.2 Å². The van der Waals surface area contributed by atoms with Crippen molar-refractivity contribution in [2.24, 2.45) is 10.7 Å². The van der Waals surface area contributed by atoms with E-state index in [0.29, 0.717) is 43.1 Å². The summed E-state index contributed by atoms with van der Waals surface area (Å²) in [6.07, 6.45) is 6.25. The summed E-state index contributed by atoms with van der Waals surface area (Å²) < 4.78 is 11.9. The number of carbonyl (C=O) groups excluding carboxylic acids is 1. The van der Waals surface area contributed by atoms with Crippen molar-refractivity contribution in [3.05, 3.63) is 48.2 Å². The second kappa shape index (κ2) is 12.2. The van der Waals surface area contributed by atoms with Crippen LogP contribution >= 0.6 is 0 Å². The van der Waals surface area contributed by atoms with Crippen LogP contribution in [-0.2, 0) is 20.9 Å². The van der Waals surface area contributed by atoms with Crippen molar-refractivity contribution in [1.29, 1.82) is 0 Å². The number of carboxylic acid groups (broad SMARTS) is 1. The van der Waals surface area contributed by atoms with Crippen LogP contribution in [0.15, 0.2) is 47.6 Å². The fourth-order valence-corrected chi connectivity index (χ4v) is 5.53. The number of aromatic nitrogens is 1. The first kappa shape index (κ1) is 29.3. The fraction of sp³-hybridized carbons (Fsp3) is 0.533. The zero-order chi connectivity index (χ0) is 28.9. The van der Waals surface area contributed by atoms with Gasteiger partial charge in [-0.05, 0) is 65.0 Å². The normalized spacial score (nSPS) is 17.4. The predicted molar refractivity (Wildman–Crippen MR) is 152 cm³/mol. The lowest BCUT2D eigenvalue weighted by Gasteiger charge is -2.55.